The zero-order chi connectivity index (χ0) is 22.8. The van der Waals surface area contributed by atoms with Crippen LogP contribution < -0.4 is 16.4 Å². The number of nitrogens with two attached hydrogens (primary N) is 1. The monoisotopic (exact) mass is 439 g/mol. The van der Waals surface area contributed by atoms with Gasteiger partial charge in [-0.3, -0.25) is 19.4 Å². The predicted molar refractivity (Wildman–Crippen MR) is 126 cm³/mol. The number of nitrogens with one attached hydrogen (secondary N) is 2. The average Bonchev–Trinajstić information content (AvgIpc) is 2.81. The molecule has 0 spiro atoms. The number of ether oxygens (including phenoxy) is 1. The van der Waals surface area contributed by atoms with Crippen molar-refractivity contribution in [3.05, 3.63) is 59.7 Å². The third-order valence-electron chi connectivity index (χ3n) is 5.61. The van der Waals surface area contributed by atoms with Gasteiger partial charge >= 0.3 is 5.97 Å². The summed E-state index contributed by atoms with van der Waals surface area (Å²) in [6, 6.07) is 15.8. The Morgan fingerprint density at radius 3 is 2.41 bits per heavy atom. The molecule has 0 saturated carbocycles. The summed E-state index contributed by atoms with van der Waals surface area (Å²) in [7, 11) is 1.32. The Kier molecular flexibility index (Phi) is 8.89. The van der Waals surface area contributed by atoms with Crippen LogP contribution in [0.4, 0.5) is 11.4 Å². The zero-order valence-electron chi connectivity index (χ0n) is 18.7. The molecule has 8 nitrogen and oxygen atoms in total. The lowest BCUT2D eigenvalue weighted by molar-refractivity contribution is -0.140. The lowest BCUT2D eigenvalue weighted by Gasteiger charge is -2.34. The van der Waals surface area contributed by atoms with Crippen LogP contribution in [-0.2, 0) is 16.1 Å². The molecule has 1 heterocycles. The van der Waals surface area contributed by atoms with Gasteiger partial charge in [-0.1, -0.05) is 30.3 Å². The number of carbonyl (C=O) groups excluding carboxylic acids is 2. The Bertz CT molecular complexity index is 882. The third-order valence-corrected chi connectivity index (χ3v) is 5.61. The number of methoxy groups -OCH3 is 1. The van der Waals surface area contributed by atoms with E-state index >= 15 is 0 Å². The van der Waals surface area contributed by atoms with Gasteiger partial charge in [0.15, 0.2) is 0 Å². The van der Waals surface area contributed by atoms with E-state index in [0.717, 1.165) is 51.5 Å². The van der Waals surface area contributed by atoms with Gasteiger partial charge in [0, 0.05) is 57.9 Å². The number of rotatable bonds is 10. The van der Waals surface area contributed by atoms with Crippen LogP contribution in [0.3, 0.4) is 0 Å². The van der Waals surface area contributed by atoms with E-state index in [1.165, 1.54) is 12.7 Å². The van der Waals surface area contributed by atoms with Crippen molar-refractivity contribution in [2.24, 2.45) is 0 Å². The Morgan fingerprint density at radius 1 is 1.00 bits per heavy atom. The van der Waals surface area contributed by atoms with Gasteiger partial charge in [-0.15, -0.1) is 0 Å². The average molecular weight is 440 g/mol. The van der Waals surface area contributed by atoms with Crippen molar-refractivity contribution in [1.29, 1.82) is 0 Å². The minimum Gasteiger partial charge on any atom is -0.469 e. The first kappa shape index (κ1) is 23.6. The second-order valence-corrected chi connectivity index (χ2v) is 7.91. The summed E-state index contributed by atoms with van der Waals surface area (Å²) in [6.45, 7) is 7.19. The topological polar surface area (TPSA) is 99.9 Å². The van der Waals surface area contributed by atoms with Crippen molar-refractivity contribution in [2.45, 2.75) is 13.0 Å². The zero-order valence-corrected chi connectivity index (χ0v) is 18.7. The number of nitrogens with zero attached hydrogens (tertiary/aromatic N) is 2. The number of hydrogen-bond donors (Lipinski definition) is 3. The van der Waals surface area contributed by atoms with Crippen LogP contribution in [0.15, 0.2) is 48.5 Å². The minimum absolute atomic E-state index is 0.137. The van der Waals surface area contributed by atoms with Gasteiger partial charge in [-0.2, -0.15) is 0 Å². The van der Waals surface area contributed by atoms with Crippen LogP contribution in [0.1, 0.15) is 22.3 Å². The number of nitrogen functional groups attached to an aromatic ring is 1. The fraction of sp³-hybridized carbons (Fsp3) is 0.417. The van der Waals surface area contributed by atoms with E-state index in [1.807, 2.05) is 6.07 Å². The third kappa shape index (κ3) is 7.25. The molecule has 1 fully saturated rings. The van der Waals surface area contributed by atoms with Gasteiger partial charge in [-0.25, -0.2) is 0 Å². The van der Waals surface area contributed by atoms with E-state index in [9.17, 15) is 9.59 Å². The molecular weight excluding hydrogens is 406 g/mol. The lowest BCUT2D eigenvalue weighted by Crippen LogP contribution is -2.47. The van der Waals surface area contributed by atoms with Crippen LogP contribution >= 0.6 is 0 Å². The molecule has 0 bridgehead atoms. The molecule has 0 aliphatic carbocycles. The first-order valence-electron chi connectivity index (χ1n) is 11.0. The summed E-state index contributed by atoms with van der Waals surface area (Å²) in [5.74, 6) is -0.623. The second kappa shape index (κ2) is 12.1. The molecule has 4 N–H and O–H groups in total. The first-order chi connectivity index (χ1) is 15.5. The first-order valence-corrected chi connectivity index (χ1v) is 11.0. The van der Waals surface area contributed by atoms with Crippen molar-refractivity contribution >= 4 is 23.3 Å². The van der Waals surface area contributed by atoms with Crippen molar-refractivity contribution in [1.82, 2.24) is 15.1 Å². The standard InChI is InChI=1S/C24H33N5O3/c1-32-23(30)9-10-27-24(31)20-7-8-22(21(25)17-20)26-11-12-28-13-15-29(16-14-28)18-19-5-3-2-4-6-19/h2-8,17,26H,9-16,18,25H2,1H3,(H,27,31). The predicted octanol–water partition coefficient (Wildman–Crippen LogP) is 1.79. The Hall–Kier alpha value is -3.10. The number of anilines is 2. The van der Waals surface area contributed by atoms with Crippen LogP contribution in [0.25, 0.3) is 0 Å². The largest absolute Gasteiger partial charge is 0.469 e. The van der Waals surface area contributed by atoms with E-state index in [-0.39, 0.29) is 24.8 Å². The quantitative estimate of drug-likeness (QED) is 0.383. The Morgan fingerprint density at radius 2 is 1.72 bits per heavy atom. The highest BCUT2D eigenvalue weighted by atomic mass is 16.5. The highest BCUT2D eigenvalue weighted by molar-refractivity contribution is 5.96. The fourth-order valence-electron chi connectivity index (χ4n) is 3.71. The number of hydrogen-bond acceptors (Lipinski definition) is 7. The van der Waals surface area contributed by atoms with Gasteiger partial charge in [0.2, 0.25) is 0 Å². The maximum absolute atomic E-state index is 12.2. The van der Waals surface area contributed by atoms with Crippen molar-refractivity contribution in [3.8, 4) is 0 Å². The summed E-state index contributed by atoms with van der Waals surface area (Å²) >= 11 is 0. The smallest absolute Gasteiger partial charge is 0.307 e. The Labute approximate surface area is 189 Å². The maximum atomic E-state index is 12.2. The molecule has 172 valence electrons. The van der Waals surface area contributed by atoms with Gasteiger partial charge in [0.25, 0.3) is 5.91 Å². The van der Waals surface area contributed by atoms with E-state index in [2.05, 4.69) is 55.5 Å². The molecule has 0 aromatic heterocycles. The molecule has 1 aliphatic rings. The molecule has 2 aromatic rings. The van der Waals surface area contributed by atoms with E-state index in [1.54, 1.807) is 12.1 Å². The number of benzene rings is 2. The molecule has 1 aliphatic heterocycles. The van der Waals surface area contributed by atoms with Gasteiger partial charge in [0.1, 0.15) is 0 Å². The van der Waals surface area contributed by atoms with Crippen molar-refractivity contribution in [2.75, 3.05) is 64.0 Å². The summed E-state index contributed by atoms with van der Waals surface area (Å²) in [5.41, 5.74) is 9.30. The van der Waals surface area contributed by atoms with E-state index < -0.39 is 0 Å². The molecule has 0 atom stereocenters. The van der Waals surface area contributed by atoms with Crippen LogP contribution in [-0.4, -0.2) is 74.6 Å². The summed E-state index contributed by atoms with van der Waals surface area (Å²) in [5, 5.41) is 6.06. The van der Waals surface area contributed by atoms with Gasteiger partial charge in [0.05, 0.1) is 24.9 Å². The van der Waals surface area contributed by atoms with Crippen LogP contribution in [0, 0.1) is 0 Å². The van der Waals surface area contributed by atoms with Crippen LogP contribution in [0.2, 0.25) is 0 Å². The summed E-state index contributed by atoms with van der Waals surface area (Å²) in [6.07, 6.45) is 0.137. The number of piperazine rings is 1. The molecule has 2 aromatic carbocycles. The number of esters is 1. The molecule has 32 heavy (non-hydrogen) atoms. The fourth-order valence-corrected chi connectivity index (χ4v) is 3.71. The minimum atomic E-state index is -0.359. The Balaban J connectivity index is 1.37. The van der Waals surface area contributed by atoms with Crippen LogP contribution in [0.5, 0.6) is 0 Å². The normalized spacial score (nSPS) is 14.7. The SMILES string of the molecule is COC(=O)CCNC(=O)c1ccc(NCCN2CCN(Cc3ccccc3)CC2)c(N)c1. The van der Waals surface area contributed by atoms with E-state index in [4.69, 9.17) is 5.73 Å². The molecule has 1 saturated heterocycles. The lowest BCUT2D eigenvalue weighted by atomic mass is 10.1. The molecule has 3 rings (SSSR count). The number of amides is 1. The molecule has 0 unspecified atom stereocenters. The second-order valence-electron chi connectivity index (χ2n) is 7.91. The number of carbonyl (C=O) groups is 2. The summed E-state index contributed by atoms with van der Waals surface area (Å²) in [4.78, 5) is 28.3. The molecule has 1 amide bonds. The van der Waals surface area contributed by atoms with E-state index in [0.29, 0.717) is 11.3 Å². The van der Waals surface area contributed by atoms with Gasteiger partial charge in [-0.05, 0) is 23.8 Å². The van der Waals surface area contributed by atoms with Crippen molar-refractivity contribution in [3.63, 3.8) is 0 Å². The highest BCUT2D eigenvalue weighted by Crippen LogP contribution is 2.20. The highest BCUT2D eigenvalue weighted by Gasteiger charge is 2.16. The molecule has 8 heteroatoms. The van der Waals surface area contributed by atoms with Crippen molar-refractivity contribution < 1.29 is 14.3 Å². The van der Waals surface area contributed by atoms with Gasteiger partial charge < -0.3 is 21.1 Å². The molecular formula is C24H33N5O3. The summed E-state index contributed by atoms with van der Waals surface area (Å²) < 4.78 is 4.56. The maximum Gasteiger partial charge on any atom is 0.307 e. The molecule has 0 radical (unpaired) electrons.